The highest BCUT2D eigenvalue weighted by atomic mass is 19.4. The number of hydrogen-bond acceptors (Lipinski definition) is 5. The van der Waals surface area contributed by atoms with Crippen molar-refractivity contribution in [3.8, 4) is 0 Å². The van der Waals surface area contributed by atoms with Crippen LogP contribution in [0.2, 0.25) is 0 Å². The van der Waals surface area contributed by atoms with Crippen LogP contribution in [0, 0.1) is 0 Å². The second kappa shape index (κ2) is 9.42. The molecule has 1 aliphatic heterocycles. The Balaban J connectivity index is 1.41. The molecule has 1 saturated carbocycles. The summed E-state index contributed by atoms with van der Waals surface area (Å²) in [4.78, 5) is 35.2. The summed E-state index contributed by atoms with van der Waals surface area (Å²) in [6, 6.07) is 11.6. The SMILES string of the molecule is O=C([C@H](O)c1cccc(C(F)(F)F)c1)N1CCCc2nc(C3(c4cccc(CO)c4)CC3)[nH]c(=O)c2C1. The first-order chi connectivity index (χ1) is 17.6. The van der Waals surface area contributed by atoms with Gasteiger partial charge in [-0.05, 0) is 54.5 Å². The van der Waals surface area contributed by atoms with Gasteiger partial charge in [0, 0.05) is 6.54 Å². The van der Waals surface area contributed by atoms with E-state index in [0.29, 0.717) is 29.9 Å². The molecule has 5 rings (SSSR count). The van der Waals surface area contributed by atoms with E-state index < -0.39 is 29.2 Å². The zero-order valence-electron chi connectivity index (χ0n) is 19.9. The van der Waals surface area contributed by atoms with Crippen LogP contribution in [-0.4, -0.2) is 37.5 Å². The number of carbonyl (C=O) groups excluding carboxylic acids is 1. The van der Waals surface area contributed by atoms with Gasteiger partial charge in [0.1, 0.15) is 5.82 Å². The van der Waals surface area contributed by atoms with E-state index in [2.05, 4.69) is 4.98 Å². The van der Waals surface area contributed by atoms with Crippen LogP contribution in [0.3, 0.4) is 0 Å². The van der Waals surface area contributed by atoms with Crippen LogP contribution in [0.5, 0.6) is 0 Å². The lowest BCUT2D eigenvalue weighted by molar-refractivity contribution is -0.142. The van der Waals surface area contributed by atoms with E-state index in [1.54, 1.807) is 0 Å². The Labute approximate surface area is 210 Å². The molecular weight excluding hydrogens is 487 g/mol. The highest BCUT2D eigenvalue weighted by Crippen LogP contribution is 2.52. The van der Waals surface area contributed by atoms with Crippen LogP contribution in [0.1, 0.15) is 64.7 Å². The van der Waals surface area contributed by atoms with Crippen LogP contribution in [0.15, 0.2) is 53.3 Å². The Morgan fingerprint density at radius 1 is 1.16 bits per heavy atom. The molecule has 1 aromatic heterocycles. The first-order valence-corrected chi connectivity index (χ1v) is 12.1. The molecule has 0 bridgehead atoms. The Morgan fingerprint density at radius 3 is 2.62 bits per heavy atom. The summed E-state index contributed by atoms with van der Waals surface area (Å²) >= 11 is 0. The highest BCUT2D eigenvalue weighted by Gasteiger charge is 2.49. The van der Waals surface area contributed by atoms with Crippen LogP contribution in [0.25, 0.3) is 0 Å². The molecule has 0 radical (unpaired) electrons. The van der Waals surface area contributed by atoms with Crippen molar-refractivity contribution >= 4 is 5.91 Å². The minimum absolute atomic E-state index is 0.0890. The Hall–Kier alpha value is -3.50. The number of fused-ring (bicyclic) bond motifs is 1. The average molecular weight is 514 g/mol. The van der Waals surface area contributed by atoms with E-state index in [0.717, 1.165) is 42.2 Å². The monoisotopic (exact) mass is 513 g/mol. The Kier molecular flexibility index (Phi) is 6.41. The van der Waals surface area contributed by atoms with E-state index in [9.17, 15) is 33.0 Å². The number of carbonyl (C=O) groups is 1. The van der Waals surface area contributed by atoms with E-state index in [1.807, 2.05) is 24.3 Å². The molecular formula is C27H26F3N3O4. The third kappa shape index (κ3) is 4.78. The number of halogens is 3. The lowest BCUT2D eigenvalue weighted by Crippen LogP contribution is -2.36. The summed E-state index contributed by atoms with van der Waals surface area (Å²) in [6.45, 7) is 0.0394. The number of aryl methyl sites for hydroxylation is 1. The number of aliphatic hydroxyl groups is 2. The zero-order valence-corrected chi connectivity index (χ0v) is 19.9. The number of aromatic amines is 1. The molecule has 1 aliphatic carbocycles. The number of aromatic nitrogens is 2. The molecule has 0 unspecified atom stereocenters. The molecule has 2 aliphatic rings. The van der Waals surface area contributed by atoms with Crippen molar-refractivity contribution in [2.75, 3.05) is 6.54 Å². The van der Waals surface area contributed by atoms with Crippen molar-refractivity contribution in [3.05, 3.63) is 98.2 Å². The Bertz CT molecular complexity index is 1400. The fourth-order valence-electron chi connectivity index (χ4n) is 4.99. The third-order valence-corrected chi connectivity index (χ3v) is 7.23. The maximum Gasteiger partial charge on any atom is 0.416 e. The van der Waals surface area contributed by atoms with Crippen molar-refractivity contribution in [2.24, 2.45) is 0 Å². The molecule has 1 amide bonds. The number of H-pyrrole nitrogens is 1. The predicted octanol–water partition coefficient (Wildman–Crippen LogP) is 3.37. The maximum absolute atomic E-state index is 13.2. The minimum atomic E-state index is -4.60. The summed E-state index contributed by atoms with van der Waals surface area (Å²) in [5.41, 5.74) is 0.708. The van der Waals surface area contributed by atoms with Crippen LogP contribution >= 0.6 is 0 Å². The van der Waals surface area contributed by atoms with Crippen LogP contribution < -0.4 is 5.56 Å². The van der Waals surface area contributed by atoms with Gasteiger partial charge in [-0.15, -0.1) is 0 Å². The number of alkyl halides is 3. The number of nitrogens with one attached hydrogen (secondary N) is 1. The van der Waals surface area contributed by atoms with Crippen molar-refractivity contribution < 1.29 is 28.2 Å². The second-order valence-electron chi connectivity index (χ2n) is 9.67. The number of nitrogens with zero attached hydrogens (tertiary/aromatic N) is 2. The van der Waals surface area contributed by atoms with Crippen molar-refractivity contribution in [1.29, 1.82) is 0 Å². The van der Waals surface area contributed by atoms with Gasteiger partial charge in [0.25, 0.3) is 11.5 Å². The largest absolute Gasteiger partial charge is 0.416 e. The summed E-state index contributed by atoms with van der Waals surface area (Å²) in [5.74, 6) is -0.217. The van der Waals surface area contributed by atoms with Gasteiger partial charge in [0.2, 0.25) is 0 Å². The number of aliphatic hydroxyl groups excluding tert-OH is 2. The van der Waals surface area contributed by atoms with Gasteiger partial charge in [-0.3, -0.25) is 9.59 Å². The van der Waals surface area contributed by atoms with Gasteiger partial charge in [-0.1, -0.05) is 36.4 Å². The molecule has 0 spiro atoms. The number of hydrogen-bond donors (Lipinski definition) is 3. The summed E-state index contributed by atoms with van der Waals surface area (Å²) in [7, 11) is 0. The van der Waals surface area contributed by atoms with Gasteiger partial charge < -0.3 is 20.1 Å². The van der Waals surface area contributed by atoms with E-state index in [4.69, 9.17) is 4.98 Å². The number of benzene rings is 2. The smallest absolute Gasteiger partial charge is 0.392 e. The molecule has 194 valence electrons. The second-order valence-corrected chi connectivity index (χ2v) is 9.67. The van der Waals surface area contributed by atoms with Gasteiger partial charge >= 0.3 is 6.18 Å². The maximum atomic E-state index is 13.2. The first kappa shape index (κ1) is 25.2. The van der Waals surface area contributed by atoms with Gasteiger partial charge in [-0.2, -0.15) is 13.2 Å². The van der Waals surface area contributed by atoms with Crippen LogP contribution in [-0.2, 0) is 36.0 Å². The Morgan fingerprint density at radius 2 is 1.92 bits per heavy atom. The molecule has 2 heterocycles. The molecule has 3 aromatic rings. The standard InChI is InChI=1S/C27H26F3N3O4/c28-27(29,30)19-7-2-5-17(13-19)22(35)24(37)33-11-3-8-21-20(14-33)23(36)32-25(31-21)26(9-10-26)18-6-1-4-16(12-18)15-34/h1-2,4-7,12-13,22,34-35H,3,8-11,14-15H2,(H,31,32,36)/t22-/m1/s1. The fraction of sp³-hybridized carbons (Fsp3) is 0.370. The van der Waals surface area contributed by atoms with E-state index >= 15 is 0 Å². The molecule has 3 N–H and O–H groups in total. The zero-order chi connectivity index (χ0) is 26.4. The highest BCUT2D eigenvalue weighted by molar-refractivity contribution is 5.82. The topological polar surface area (TPSA) is 107 Å². The van der Waals surface area contributed by atoms with Crippen molar-refractivity contribution in [1.82, 2.24) is 14.9 Å². The molecule has 0 saturated heterocycles. The van der Waals surface area contributed by atoms with E-state index in [1.165, 1.54) is 11.0 Å². The summed E-state index contributed by atoms with van der Waals surface area (Å²) < 4.78 is 39.3. The quantitative estimate of drug-likeness (QED) is 0.485. The summed E-state index contributed by atoms with van der Waals surface area (Å²) in [6.07, 6.45) is -3.85. The number of rotatable bonds is 5. The molecule has 10 heteroatoms. The first-order valence-electron chi connectivity index (χ1n) is 12.1. The summed E-state index contributed by atoms with van der Waals surface area (Å²) in [5, 5.41) is 20.1. The molecule has 37 heavy (non-hydrogen) atoms. The third-order valence-electron chi connectivity index (χ3n) is 7.23. The molecule has 7 nitrogen and oxygen atoms in total. The van der Waals surface area contributed by atoms with Crippen molar-refractivity contribution in [3.63, 3.8) is 0 Å². The predicted molar refractivity (Wildman–Crippen MR) is 127 cm³/mol. The van der Waals surface area contributed by atoms with E-state index in [-0.39, 0.29) is 30.8 Å². The van der Waals surface area contributed by atoms with Gasteiger partial charge in [0.15, 0.2) is 6.10 Å². The van der Waals surface area contributed by atoms with Gasteiger partial charge in [0.05, 0.1) is 35.4 Å². The average Bonchev–Trinajstić information content (AvgIpc) is 3.72. The van der Waals surface area contributed by atoms with Crippen LogP contribution in [0.4, 0.5) is 13.2 Å². The van der Waals surface area contributed by atoms with Gasteiger partial charge in [-0.25, -0.2) is 4.98 Å². The minimum Gasteiger partial charge on any atom is -0.392 e. The lowest BCUT2D eigenvalue weighted by Gasteiger charge is -2.24. The fourth-order valence-corrected chi connectivity index (χ4v) is 4.99. The lowest BCUT2D eigenvalue weighted by atomic mass is 9.93. The molecule has 1 atom stereocenters. The molecule has 2 aromatic carbocycles. The molecule has 1 fully saturated rings. The number of amides is 1. The normalized spacial score (nSPS) is 17.6. The van der Waals surface area contributed by atoms with Crippen molar-refractivity contribution in [2.45, 2.75) is 56.5 Å².